The van der Waals surface area contributed by atoms with Gasteiger partial charge in [0.05, 0.1) is 12.1 Å². The molecule has 0 aliphatic rings. The molecule has 0 aromatic heterocycles. The molecule has 17 heavy (non-hydrogen) atoms. The molecule has 0 aromatic carbocycles. The molecule has 0 saturated carbocycles. The third kappa shape index (κ3) is 6.26. The van der Waals surface area contributed by atoms with Crippen molar-refractivity contribution in [3.8, 4) is 0 Å². The molecule has 0 aromatic rings. The summed E-state index contributed by atoms with van der Waals surface area (Å²) >= 11 is 0. The Morgan fingerprint density at radius 2 is 1.71 bits per heavy atom. The van der Waals surface area contributed by atoms with E-state index in [4.69, 9.17) is 11.5 Å². The van der Waals surface area contributed by atoms with Gasteiger partial charge in [0, 0.05) is 5.54 Å². The number of ketones is 1. The Labute approximate surface area is 104 Å². The third-order valence-corrected chi connectivity index (χ3v) is 2.79. The molecule has 4 N–H and O–H groups in total. The van der Waals surface area contributed by atoms with Crippen molar-refractivity contribution in [3.63, 3.8) is 0 Å². The zero-order valence-electron chi connectivity index (χ0n) is 11.9. The molecule has 0 rings (SSSR count). The van der Waals surface area contributed by atoms with Crippen LogP contribution in [0.1, 0.15) is 41.0 Å². The van der Waals surface area contributed by atoms with Gasteiger partial charge >= 0.3 is 0 Å². The lowest BCUT2D eigenvalue weighted by molar-refractivity contribution is -0.119. The highest BCUT2D eigenvalue weighted by molar-refractivity contribution is 5.77. The molecule has 0 unspecified atom stereocenters. The lowest BCUT2D eigenvalue weighted by Gasteiger charge is -2.39. The lowest BCUT2D eigenvalue weighted by Crippen LogP contribution is -2.48. The van der Waals surface area contributed by atoms with Crippen molar-refractivity contribution in [2.24, 2.45) is 16.5 Å². The highest BCUT2D eigenvalue weighted by Gasteiger charge is 2.32. The van der Waals surface area contributed by atoms with Gasteiger partial charge in [-0.15, -0.1) is 0 Å². The lowest BCUT2D eigenvalue weighted by atomic mass is 9.86. The standard InChI is InChI=1S/C12H26N4O/c1-9(17)7-16(6)12(4,5)8-11(2,3)15-10(13)14/h7-8H2,1-6H3,(H4,13,14,15). The van der Waals surface area contributed by atoms with Crippen molar-refractivity contribution >= 4 is 11.7 Å². The second kappa shape index (κ2) is 5.49. The Morgan fingerprint density at radius 1 is 1.24 bits per heavy atom. The second-order valence-electron chi connectivity index (χ2n) is 5.90. The minimum atomic E-state index is -0.340. The molecule has 0 fully saturated rings. The number of Topliss-reactive ketones (excluding diaryl/α,β-unsaturated/α-hetero) is 1. The van der Waals surface area contributed by atoms with Crippen molar-refractivity contribution in [1.82, 2.24) is 4.90 Å². The van der Waals surface area contributed by atoms with E-state index >= 15 is 0 Å². The number of hydrogen-bond donors (Lipinski definition) is 2. The fraction of sp³-hybridized carbons (Fsp3) is 0.833. The number of nitrogens with two attached hydrogens (primary N) is 2. The van der Waals surface area contributed by atoms with Crippen molar-refractivity contribution in [2.45, 2.75) is 52.1 Å². The first kappa shape index (κ1) is 15.9. The van der Waals surface area contributed by atoms with E-state index in [9.17, 15) is 4.79 Å². The number of aliphatic imine (C=N–C) groups is 1. The van der Waals surface area contributed by atoms with Gasteiger partial charge in [0.1, 0.15) is 5.78 Å². The van der Waals surface area contributed by atoms with Crippen molar-refractivity contribution in [1.29, 1.82) is 0 Å². The number of carbonyl (C=O) groups excluding carboxylic acids is 1. The van der Waals surface area contributed by atoms with E-state index in [2.05, 4.69) is 18.8 Å². The average Bonchev–Trinajstić information content (AvgIpc) is 1.96. The van der Waals surface area contributed by atoms with Crippen LogP contribution in [-0.4, -0.2) is 41.3 Å². The van der Waals surface area contributed by atoms with Crippen molar-refractivity contribution in [2.75, 3.05) is 13.6 Å². The number of rotatable bonds is 6. The first-order valence-corrected chi connectivity index (χ1v) is 5.78. The Morgan fingerprint density at radius 3 is 2.06 bits per heavy atom. The largest absolute Gasteiger partial charge is 0.370 e. The zero-order valence-corrected chi connectivity index (χ0v) is 11.9. The van der Waals surface area contributed by atoms with Crippen LogP contribution in [0.25, 0.3) is 0 Å². The van der Waals surface area contributed by atoms with Crippen LogP contribution < -0.4 is 11.5 Å². The SMILES string of the molecule is CC(=O)CN(C)C(C)(C)CC(C)(C)N=C(N)N. The summed E-state index contributed by atoms with van der Waals surface area (Å²) in [6.07, 6.45) is 0.766. The van der Waals surface area contributed by atoms with E-state index in [1.165, 1.54) is 0 Å². The molecule has 100 valence electrons. The van der Waals surface area contributed by atoms with Gasteiger partial charge in [0.2, 0.25) is 0 Å². The maximum Gasteiger partial charge on any atom is 0.186 e. The van der Waals surface area contributed by atoms with Crippen LogP contribution >= 0.6 is 0 Å². The van der Waals surface area contributed by atoms with Gasteiger partial charge in [-0.05, 0) is 48.1 Å². The number of guanidine groups is 1. The molecule has 5 heteroatoms. The predicted molar refractivity (Wildman–Crippen MR) is 71.9 cm³/mol. The molecule has 0 atom stereocenters. The van der Waals surface area contributed by atoms with Gasteiger partial charge in [-0.3, -0.25) is 9.69 Å². The number of hydrogen-bond acceptors (Lipinski definition) is 3. The molecule has 0 bridgehead atoms. The Balaban J connectivity index is 4.74. The monoisotopic (exact) mass is 242 g/mol. The summed E-state index contributed by atoms with van der Waals surface area (Å²) < 4.78 is 0. The maximum absolute atomic E-state index is 11.1. The van der Waals surface area contributed by atoms with E-state index in [0.717, 1.165) is 6.42 Å². The number of carbonyl (C=O) groups is 1. The van der Waals surface area contributed by atoms with Gasteiger partial charge < -0.3 is 11.5 Å². The van der Waals surface area contributed by atoms with E-state index < -0.39 is 0 Å². The Bertz CT molecular complexity index is 304. The molecule has 5 nitrogen and oxygen atoms in total. The van der Waals surface area contributed by atoms with Crippen molar-refractivity contribution in [3.05, 3.63) is 0 Å². The fourth-order valence-electron chi connectivity index (χ4n) is 2.13. The third-order valence-electron chi connectivity index (χ3n) is 2.79. The molecule has 0 spiro atoms. The average molecular weight is 242 g/mol. The summed E-state index contributed by atoms with van der Waals surface area (Å²) in [6.45, 7) is 10.2. The molecule has 0 heterocycles. The quantitative estimate of drug-likeness (QED) is 0.531. The van der Waals surface area contributed by atoms with Gasteiger partial charge in [0.15, 0.2) is 5.96 Å². The van der Waals surface area contributed by atoms with Crippen LogP contribution in [0.4, 0.5) is 0 Å². The van der Waals surface area contributed by atoms with Crippen LogP contribution in [0.15, 0.2) is 4.99 Å². The summed E-state index contributed by atoms with van der Waals surface area (Å²) in [7, 11) is 1.94. The molecular weight excluding hydrogens is 216 g/mol. The molecule has 0 amide bonds. The fourth-order valence-corrected chi connectivity index (χ4v) is 2.13. The minimum absolute atomic E-state index is 0.0972. The summed E-state index contributed by atoms with van der Waals surface area (Å²) in [6, 6.07) is 0. The van der Waals surface area contributed by atoms with Gasteiger partial charge in [-0.25, -0.2) is 4.99 Å². The highest BCUT2D eigenvalue weighted by atomic mass is 16.1. The smallest absolute Gasteiger partial charge is 0.186 e. The summed E-state index contributed by atoms with van der Waals surface area (Å²) in [4.78, 5) is 17.4. The van der Waals surface area contributed by atoms with Crippen LogP contribution in [0.2, 0.25) is 0 Å². The Hall–Kier alpha value is -1.10. The van der Waals surface area contributed by atoms with Crippen LogP contribution in [0, 0.1) is 0 Å². The zero-order chi connectivity index (χ0) is 13.9. The predicted octanol–water partition coefficient (Wildman–Crippen LogP) is 0.728. The molecule has 0 aliphatic heterocycles. The van der Waals surface area contributed by atoms with Crippen LogP contribution in [0.3, 0.4) is 0 Å². The summed E-state index contributed by atoms with van der Waals surface area (Å²) in [5.74, 6) is 0.250. The van der Waals surface area contributed by atoms with Gasteiger partial charge in [-0.1, -0.05) is 0 Å². The molecular formula is C12H26N4O. The molecule has 0 saturated heterocycles. The minimum Gasteiger partial charge on any atom is -0.370 e. The van der Waals surface area contributed by atoms with Crippen LogP contribution in [0.5, 0.6) is 0 Å². The number of likely N-dealkylation sites (N-methyl/N-ethyl adjacent to an activating group) is 1. The van der Waals surface area contributed by atoms with Gasteiger partial charge in [0.25, 0.3) is 0 Å². The maximum atomic E-state index is 11.1. The number of nitrogens with zero attached hydrogens (tertiary/aromatic N) is 2. The normalized spacial score (nSPS) is 12.6. The molecule has 0 aliphatic carbocycles. The summed E-state index contributed by atoms with van der Waals surface area (Å²) in [5, 5.41) is 0. The van der Waals surface area contributed by atoms with E-state index in [-0.39, 0.29) is 22.8 Å². The van der Waals surface area contributed by atoms with E-state index in [1.54, 1.807) is 6.92 Å². The topological polar surface area (TPSA) is 84.7 Å². The van der Waals surface area contributed by atoms with Crippen molar-refractivity contribution < 1.29 is 4.79 Å². The van der Waals surface area contributed by atoms with Crippen LogP contribution in [-0.2, 0) is 4.79 Å². The first-order chi connectivity index (χ1) is 7.46. The second-order valence-corrected chi connectivity index (χ2v) is 5.90. The highest BCUT2D eigenvalue weighted by Crippen LogP contribution is 2.27. The van der Waals surface area contributed by atoms with E-state index in [0.29, 0.717) is 6.54 Å². The Kier molecular flexibility index (Phi) is 5.13. The molecule has 0 radical (unpaired) electrons. The summed E-state index contributed by atoms with van der Waals surface area (Å²) in [5.41, 5.74) is 10.3. The van der Waals surface area contributed by atoms with Gasteiger partial charge in [-0.2, -0.15) is 0 Å². The first-order valence-electron chi connectivity index (χ1n) is 5.78. The van der Waals surface area contributed by atoms with E-state index in [1.807, 2.05) is 25.8 Å².